The van der Waals surface area contributed by atoms with Gasteiger partial charge in [-0.3, -0.25) is 14.5 Å². The lowest BCUT2D eigenvalue weighted by Gasteiger charge is -2.55. The Bertz CT molecular complexity index is 1220. The Morgan fingerprint density at radius 3 is 2.39 bits per heavy atom. The molecule has 0 spiro atoms. The number of carbonyl (C=O) groups excluding carboxylic acids is 3. The van der Waals surface area contributed by atoms with Crippen LogP contribution in [0.2, 0.25) is 0 Å². The molecule has 3 heterocycles. The molecule has 9 heteroatoms. The van der Waals surface area contributed by atoms with Crippen LogP contribution in [-0.4, -0.2) is 39.4 Å². The largest absolute Gasteiger partial charge is 0.431 e. The van der Waals surface area contributed by atoms with Crippen LogP contribution in [0.4, 0.5) is 10.5 Å². The summed E-state index contributed by atoms with van der Waals surface area (Å²) in [5, 5.41) is -0.0649. The number of nitrogens with zero attached hydrogens (tertiary/aromatic N) is 3. The Hall–Kier alpha value is -3.33. The van der Waals surface area contributed by atoms with Crippen molar-refractivity contribution in [2.45, 2.75) is 50.4 Å². The van der Waals surface area contributed by atoms with Crippen LogP contribution in [0.1, 0.15) is 32.3 Å². The number of oxazole rings is 1. The molecule has 2 fully saturated rings. The molecule has 2 aliphatic rings. The van der Waals surface area contributed by atoms with Gasteiger partial charge in [0.2, 0.25) is 5.91 Å². The van der Waals surface area contributed by atoms with E-state index in [1.54, 1.807) is 12.1 Å². The fourth-order valence-corrected chi connectivity index (χ4v) is 5.93. The first-order valence-electron chi connectivity index (χ1n) is 10.9. The van der Waals surface area contributed by atoms with Gasteiger partial charge in [0.1, 0.15) is 10.9 Å². The van der Waals surface area contributed by atoms with Crippen LogP contribution in [0.5, 0.6) is 0 Å². The van der Waals surface area contributed by atoms with Crippen molar-refractivity contribution < 1.29 is 23.5 Å². The summed E-state index contributed by atoms with van der Waals surface area (Å²) in [6.07, 6.45) is -0.960. The number of anilines is 1. The predicted molar refractivity (Wildman–Crippen MR) is 122 cm³/mol. The molecule has 0 saturated carbocycles. The highest BCUT2D eigenvalue weighted by Gasteiger charge is 2.65. The third-order valence-electron chi connectivity index (χ3n) is 6.51. The third-order valence-corrected chi connectivity index (χ3v) is 7.78. The van der Waals surface area contributed by atoms with Gasteiger partial charge in [0.25, 0.3) is 17.4 Å². The number of hydrogen-bond acceptors (Lipinski definition) is 7. The van der Waals surface area contributed by atoms with E-state index in [4.69, 9.17) is 9.15 Å². The zero-order valence-corrected chi connectivity index (χ0v) is 19.3. The van der Waals surface area contributed by atoms with Gasteiger partial charge in [-0.15, -0.1) is 0 Å². The number of likely N-dealkylation sites (tertiary alicyclic amines) is 1. The van der Waals surface area contributed by atoms with Gasteiger partial charge < -0.3 is 9.15 Å². The van der Waals surface area contributed by atoms with Gasteiger partial charge in [-0.05, 0) is 55.8 Å². The molecule has 3 aromatic rings. The molecule has 2 saturated heterocycles. The van der Waals surface area contributed by atoms with E-state index in [1.165, 1.54) is 16.7 Å². The number of rotatable bonds is 6. The molecular weight excluding hydrogens is 442 g/mol. The van der Waals surface area contributed by atoms with Gasteiger partial charge in [-0.25, -0.2) is 14.7 Å². The molecular formula is C24H23N3O5S. The number of aryl methyl sites for hydroxylation is 1. The molecule has 0 unspecified atom stereocenters. The third kappa shape index (κ3) is 3.21. The number of benzene rings is 2. The smallest absolute Gasteiger partial charge is 0.423 e. The molecule has 2 atom stereocenters. The van der Waals surface area contributed by atoms with Crippen molar-refractivity contribution in [3.05, 3.63) is 54.1 Å². The van der Waals surface area contributed by atoms with Crippen LogP contribution in [0.15, 0.2) is 58.2 Å². The molecule has 2 aromatic carbocycles. The zero-order valence-electron chi connectivity index (χ0n) is 18.5. The van der Waals surface area contributed by atoms with Crippen LogP contribution in [0, 0.1) is 12.3 Å². The predicted octanol–water partition coefficient (Wildman–Crippen LogP) is 4.71. The van der Waals surface area contributed by atoms with E-state index in [-0.39, 0.29) is 5.91 Å². The summed E-state index contributed by atoms with van der Waals surface area (Å²) in [7, 11) is 0. The number of cyclic esters (lactones) is 1. The minimum atomic E-state index is -1.32. The van der Waals surface area contributed by atoms with Crippen molar-refractivity contribution >= 4 is 46.5 Å². The number of thioether (sulfide) groups is 1. The van der Waals surface area contributed by atoms with Crippen molar-refractivity contribution in [1.82, 2.24) is 9.88 Å². The molecule has 1 aromatic heterocycles. The second-order valence-electron chi connectivity index (χ2n) is 8.24. The van der Waals surface area contributed by atoms with Crippen molar-refractivity contribution in [3.8, 4) is 0 Å². The van der Waals surface area contributed by atoms with Crippen LogP contribution in [0.25, 0.3) is 11.1 Å². The first-order valence-corrected chi connectivity index (χ1v) is 11.7. The molecule has 5 rings (SSSR count). The summed E-state index contributed by atoms with van der Waals surface area (Å²) in [5.41, 5.74) is 2.06. The van der Waals surface area contributed by atoms with E-state index in [0.717, 1.165) is 10.5 Å². The van der Waals surface area contributed by atoms with Crippen molar-refractivity contribution in [3.63, 3.8) is 0 Å². The van der Waals surface area contributed by atoms with E-state index < -0.39 is 29.0 Å². The second kappa shape index (κ2) is 7.91. The summed E-state index contributed by atoms with van der Waals surface area (Å²) in [6, 6.07) is 14.4. The molecule has 8 nitrogen and oxygen atoms in total. The number of amides is 3. The van der Waals surface area contributed by atoms with E-state index in [9.17, 15) is 14.4 Å². The standard InChI is InChI=1S/C24H23N3O5S/c1-4-24(5-2)20(29)27(21(24)33-22-25-16-8-6-7-9-17(16)31-22)19-18(28)26(23(30)32-19)15-12-10-14(3)11-13-15/h6-13,19,21H,4-5H2,1-3H3/t19-,21+/m0/s1. The minimum Gasteiger partial charge on any atom is -0.431 e. The Morgan fingerprint density at radius 2 is 1.73 bits per heavy atom. The summed E-state index contributed by atoms with van der Waals surface area (Å²) < 4.78 is 11.3. The second-order valence-corrected chi connectivity index (χ2v) is 9.27. The summed E-state index contributed by atoms with van der Waals surface area (Å²) in [5.74, 6) is -0.792. The van der Waals surface area contributed by atoms with Gasteiger partial charge in [-0.1, -0.05) is 43.7 Å². The highest BCUT2D eigenvalue weighted by molar-refractivity contribution is 7.99. The Kier molecular flexibility index (Phi) is 5.16. The highest BCUT2D eigenvalue weighted by Crippen LogP contribution is 2.53. The van der Waals surface area contributed by atoms with Crippen LogP contribution < -0.4 is 4.90 Å². The molecule has 0 N–H and O–H groups in total. The summed E-state index contributed by atoms with van der Waals surface area (Å²) in [6.45, 7) is 5.80. The van der Waals surface area contributed by atoms with Gasteiger partial charge in [0, 0.05) is 0 Å². The maximum Gasteiger partial charge on any atom is 0.423 e. The Morgan fingerprint density at radius 1 is 1.03 bits per heavy atom. The zero-order chi connectivity index (χ0) is 23.3. The van der Waals surface area contributed by atoms with Crippen molar-refractivity contribution in [2.75, 3.05) is 4.90 Å². The maximum atomic E-state index is 13.3. The first kappa shape index (κ1) is 21.5. The normalized spacial score (nSPS) is 22.1. The lowest BCUT2D eigenvalue weighted by atomic mass is 9.73. The van der Waals surface area contributed by atoms with Crippen molar-refractivity contribution in [1.29, 1.82) is 0 Å². The monoisotopic (exact) mass is 465 g/mol. The average molecular weight is 466 g/mol. The number of fused-ring (bicyclic) bond motifs is 1. The van der Waals surface area contributed by atoms with Gasteiger partial charge >= 0.3 is 6.09 Å². The van der Waals surface area contributed by atoms with Gasteiger partial charge in [0.05, 0.1) is 11.1 Å². The number of ether oxygens (including phenoxy) is 1. The lowest BCUT2D eigenvalue weighted by molar-refractivity contribution is -0.182. The fraction of sp³-hybridized carbons (Fsp3) is 0.333. The average Bonchev–Trinajstić information content (AvgIpc) is 3.35. The quantitative estimate of drug-likeness (QED) is 0.487. The molecule has 3 amide bonds. The van der Waals surface area contributed by atoms with E-state index >= 15 is 0 Å². The Labute approximate surface area is 194 Å². The SMILES string of the molecule is CCC1(CC)C(=O)N([C@H]2OC(=O)N(c3ccc(C)cc3)C2=O)[C@@H]1Sc1nc2ccccc2o1. The number of β-lactam (4-membered cyclic amide) rings is 1. The van der Waals surface area contributed by atoms with E-state index in [2.05, 4.69) is 4.98 Å². The first-order chi connectivity index (χ1) is 15.9. The molecule has 2 aliphatic heterocycles. The number of aromatic nitrogens is 1. The number of carbonyl (C=O) groups is 3. The number of hydrogen-bond donors (Lipinski definition) is 0. The lowest BCUT2D eigenvalue weighted by Crippen LogP contribution is -2.71. The molecule has 33 heavy (non-hydrogen) atoms. The topological polar surface area (TPSA) is 93.0 Å². The van der Waals surface area contributed by atoms with E-state index in [1.807, 2.05) is 57.2 Å². The number of para-hydroxylation sites is 2. The van der Waals surface area contributed by atoms with E-state index in [0.29, 0.717) is 34.9 Å². The van der Waals surface area contributed by atoms with Crippen LogP contribution in [0.3, 0.4) is 0 Å². The molecule has 0 aliphatic carbocycles. The molecule has 0 radical (unpaired) electrons. The van der Waals surface area contributed by atoms with Gasteiger partial charge in [-0.2, -0.15) is 0 Å². The van der Waals surface area contributed by atoms with Crippen molar-refractivity contribution in [2.24, 2.45) is 5.41 Å². The van der Waals surface area contributed by atoms with Gasteiger partial charge in [0.15, 0.2) is 5.58 Å². The Balaban J connectivity index is 1.46. The van der Waals surface area contributed by atoms with Crippen LogP contribution >= 0.6 is 11.8 Å². The minimum absolute atomic E-state index is 0.210. The summed E-state index contributed by atoms with van der Waals surface area (Å²) in [4.78, 5) is 46.1. The fourth-order valence-electron chi connectivity index (χ4n) is 4.47. The maximum absolute atomic E-state index is 13.3. The highest BCUT2D eigenvalue weighted by atomic mass is 32.2. The van der Waals surface area contributed by atoms with Crippen LogP contribution in [-0.2, 0) is 14.3 Å². The summed E-state index contributed by atoms with van der Waals surface area (Å²) >= 11 is 1.28. The molecule has 170 valence electrons. The molecule has 0 bridgehead atoms. The number of imide groups is 1.